The molecular weight excluding hydrogens is 232 g/mol. The number of rotatable bonds is 3. The van der Waals surface area contributed by atoms with Crippen LogP contribution < -0.4 is 5.32 Å². The number of nitriles is 1. The molecule has 0 atom stereocenters. The summed E-state index contributed by atoms with van der Waals surface area (Å²) in [6.07, 6.45) is 1.60. The molecule has 0 unspecified atom stereocenters. The van der Waals surface area contributed by atoms with Crippen molar-refractivity contribution in [2.45, 2.75) is 19.8 Å². The highest BCUT2D eigenvalue weighted by molar-refractivity contribution is 7.13. The van der Waals surface area contributed by atoms with Gasteiger partial charge in [-0.25, -0.2) is 9.97 Å². The summed E-state index contributed by atoms with van der Waals surface area (Å²) in [5.41, 5.74) is 2.13. The number of anilines is 2. The van der Waals surface area contributed by atoms with E-state index in [1.54, 1.807) is 12.3 Å². The summed E-state index contributed by atoms with van der Waals surface area (Å²) in [7, 11) is 0. The third-order valence-corrected chi connectivity index (χ3v) is 3.04. The van der Waals surface area contributed by atoms with Crippen LogP contribution in [0.3, 0.4) is 0 Å². The molecule has 2 aromatic heterocycles. The largest absolute Gasteiger partial charge is 0.329 e. The van der Waals surface area contributed by atoms with Gasteiger partial charge in [0.15, 0.2) is 10.8 Å². The molecule has 5 heteroatoms. The lowest BCUT2D eigenvalue weighted by atomic mass is 10.2. The van der Waals surface area contributed by atoms with Gasteiger partial charge in [0.1, 0.15) is 6.07 Å². The van der Waals surface area contributed by atoms with Crippen molar-refractivity contribution in [3.8, 4) is 6.07 Å². The first-order chi connectivity index (χ1) is 8.20. The van der Waals surface area contributed by atoms with Gasteiger partial charge < -0.3 is 5.32 Å². The van der Waals surface area contributed by atoms with Crippen molar-refractivity contribution in [2.24, 2.45) is 0 Å². The van der Waals surface area contributed by atoms with Crippen LogP contribution in [0.5, 0.6) is 0 Å². The Kier molecular flexibility index (Phi) is 3.35. The van der Waals surface area contributed by atoms with Gasteiger partial charge in [0, 0.05) is 11.6 Å². The Labute approximate surface area is 104 Å². The number of hydrogen-bond donors (Lipinski definition) is 1. The van der Waals surface area contributed by atoms with Crippen LogP contribution in [0.4, 0.5) is 10.8 Å². The average Bonchev–Trinajstić information content (AvgIpc) is 2.78. The molecule has 0 saturated carbocycles. The fourth-order valence-electron chi connectivity index (χ4n) is 1.32. The number of thiazole rings is 1. The second-order valence-electron chi connectivity index (χ2n) is 3.87. The van der Waals surface area contributed by atoms with Crippen molar-refractivity contribution in [3.63, 3.8) is 0 Å². The summed E-state index contributed by atoms with van der Waals surface area (Å²) in [6, 6.07) is 5.66. The summed E-state index contributed by atoms with van der Waals surface area (Å²) in [5.74, 6) is 0.408. The van der Waals surface area contributed by atoms with Gasteiger partial charge in [0.2, 0.25) is 0 Å². The second-order valence-corrected chi connectivity index (χ2v) is 4.73. The van der Waals surface area contributed by atoms with Gasteiger partial charge in [-0.3, -0.25) is 0 Å². The van der Waals surface area contributed by atoms with Crippen molar-refractivity contribution in [3.05, 3.63) is 35.1 Å². The monoisotopic (exact) mass is 244 g/mol. The highest BCUT2D eigenvalue weighted by atomic mass is 32.1. The number of aromatic nitrogens is 2. The lowest BCUT2D eigenvalue weighted by molar-refractivity contribution is 0.834. The molecule has 2 aromatic rings. The van der Waals surface area contributed by atoms with Gasteiger partial charge >= 0.3 is 0 Å². The molecule has 17 heavy (non-hydrogen) atoms. The maximum atomic E-state index is 8.92. The highest BCUT2D eigenvalue weighted by Crippen LogP contribution is 2.25. The van der Waals surface area contributed by atoms with E-state index < -0.39 is 0 Å². The van der Waals surface area contributed by atoms with Crippen molar-refractivity contribution in [1.29, 1.82) is 5.26 Å². The minimum atomic E-state index is 0.383. The molecule has 0 amide bonds. The van der Waals surface area contributed by atoms with Crippen LogP contribution in [0.15, 0.2) is 23.7 Å². The topological polar surface area (TPSA) is 61.6 Å². The number of nitrogens with zero attached hydrogens (tertiary/aromatic N) is 3. The minimum Gasteiger partial charge on any atom is -0.329 e. The van der Waals surface area contributed by atoms with Crippen LogP contribution >= 0.6 is 11.3 Å². The molecule has 1 N–H and O–H groups in total. The number of nitrogens with one attached hydrogen (secondary N) is 1. The molecular formula is C12H12N4S. The number of hydrogen-bond acceptors (Lipinski definition) is 5. The molecule has 0 aliphatic carbocycles. The van der Waals surface area contributed by atoms with Gasteiger partial charge in [-0.15, -0.1) is 11.3 Å². The van der Waals surface area contributed by atoms with Crippen LogP contribution in [0.1, 0.15) is 31.2 Å². The zero-order valence-electron chi connectivity index (χ0n) is 9.64. The maximum Gasteiger partial charge on any atom is 0.187 e. The van der Waals surface area contributed by atoms with Gasteiger partial charge in [0.05, 0.1) is 11.4 Å². The van der Waals surface area contributed by atoms with Gasteiger partial charge in [-0.05, 0) is 18.1 Å². The third-order valence-electron chi connectivity index (χ3n) is 2.27. The predicted molar refractivity (Wildman–Crippen MR) is 68.4 cm³/mol. The van der Waals surface area contributed by atoms with Crippen LogP contribution in [0.25, 0.3) is 0 Å². The smallest absolute Gasteiger partial charge is 0.187 e. The molecule has 0 aliphatic heterocycles. The Morgan fingerprint density at radius 3 is 2.94 bits per heavy atom. The molecule has 4 nitrogen and oxygen atoms in total. The molecule has 2 rings (SSSR count). The minimum absolute atomic E-state index is 0.383. The first kappa shape index (κ1) is 11.6. The van der Waals surface area contributed by atoms with E-state index in [1.165, 1.54) is 11.3 Å². The van der Waals surface area contributed by atoms with E-state index in [1.807, 2.05) is 17.5 Å². The second kappa shape index (κ2) is 4.93. The molecule has 0 spiro atoms. The fraction of sp³-hybridized carbons (Fsp3) is 0.250. The van der Waals surface area contributed by atoms with E-state index in [0.717, 1.165) is 10.8 Å². The fourth-order valence-corrected chi connectivity index (χ4v) is 2.20. The Balaban J connectivity index is 2.23. The molecule has 0 saturated heterocycles. The Hall–Kier alpha value is -1.93. The van der Waals surface area contributed by atoms with Gasteiger partial charge in [-0.2, -0.15) is 5.26 Å². The van der Waals surface area contributed by atoms with Gasteiger partial charge in [-0.1, -0.05) is 13.8 Å². The van der Waals surface area contributed by atoms with E-state index in [-0.39, 0.29) is 0 Å². The van der Waals surface area contributed by atoms with Crippen molar-refractivity contribution in [1.82, 2.24) is 9.97 Å². The average molecular weight is 244 g/mol. The van der Waals surface area contributed by atoms with E-state index in [4.69, 9.17) is 5.26 Å². The summed E-state index contributed by atoms with van der Waals surface area (Å²) in [6.45, 7) is 4.20. The molecule has 0 aliphatic rings. The zero-order valence-corrected chi connectivity index (χ0v) is 10.5. The standard InChI is InChI=1S/C12H12N4S/c1-8(2)11-7-17-12(16-11)15-9-4-3-5-14-10(9)6-13/h3-5,7-8H,1-2H3,(H,15,16). The van der Waals surface area contributed by atoms with E-state index in [9.17, 15) is 0 Å². The van der Waals surface area contributed by atoms with E-state index in [0.29, 0.717) is 17.3 Å². The lowest BCUT2D eigenvalue weighted by Crippen LogP contribution is -1.95. The SMILES string of the molecule is CC(C)c1csc(Nc2cccnc2C#N)n1. The normalized spacial score (nSPS) is 10.2. The molecule has 2 heterocycles. The first-order valence-electron chi connectivity index (χ1n) is 5.28. The number of pyridine rings is 1. The Bertz CT molecular complexity index is 554. The molecule has 86 valence electrons. The quantitative estimate of drug-likeness (QED) is 0.900. The highest BCUT2D eigenvalue weighted by Gasteiger charge is 2.08. The summed E-state index contributed by atoms with van der Waals surface area (Å²) < 4.78 is 0. The summed E-state index contributed by atoms with van der Waals surface area (Å²) >= 11 is 1.53. The molecule has 0 aromatic carbocycles. The molecule has 0 radical (unpaired) electrons. The summed E-state index contributed by atoms with van der Waals surface area (Å²) in [4.78, 5) is 8.44. The molecule has 0 bridgehead atoms. The van der Waals surface area contributed by atoms with Crippen molar-refractivity contribution in [2.75, 3.05) is 5.32 Å². The Morgan fingerprint density at radius 2 is 2.29 bits per heavy atom. The van der Waals surface area contributed by atoms with Gasteiger partial charge in [0.25, 0.3) is 0 Å². The van der Waals surface area contributed by atoms with Crippen molar-refractivity contribution >= 4 is 22.2 Å². The van der Waals surface area contributed by atoms with Crippen LogP contribution in [-0.4, -0.2) is 9.97 Å². The lowest BCUT2D eigenvalue weighted by Gasteiger charge is -2.03. The Morgan fingerprint density at radius 1 is 1.47 bits per heavy atom. The van der Waals surface area contributed by atoms with E-state index in [2.05, 4.69) is 29.1 Å². The maximum absolute atomic E-state index is 8.92. The van der Waals surface area contributed by atoms with Crippen LogP contribution in [-0.2, 0) is 0 Å². The molecule has 0 fully saturated rings. The van der Waals surface area contributed by atoms with Crippen molar-refractivity contribution < 1.29 is 0 Å². The van der Waals surface area contributed by atoms with E-state index >= 15 is 0 Å². The third kappa shape index (κ3) is 2.60. The summed E-state index contributed by atoms with van der Waals surface area (Å²) in [5, 5.41) is 14.9. The predicted octanol–water partition coefficient (Wildman–Crippen LogP) is 3.28. The van der Waals surface area contributed by atoms with Crippen LogP contribution in [0, 0.1) is 11.3 Å². The zero-order chi connectivity index (χ0) is 12.3. The first-order valence-corrected chi connectivity index (χ1v) is 6.16. The van der Waals surface area contributed by atoms with Crippen LogP contribution in [0.2, 0.25) is 0 Å².